The van der Waals surface area contributed by atoms with Crippen molar-refractivity contribution in [3.05, 3.63) is 41.3 Å². The Labute approximate surface area is 125 Å². The molecule has 0 fully saturated rings. The van der Waals surface area contributed by atoms with E-state index in [0.717, 1.165) is 22.6 Å². The largest absolute Gasteiger partial charge is 0.496 e. The maximum Gasteiger partial charge on any atom is 0.262 e. The number of nitrogen functional groups attached to an aromatic ring is 1. The number of para-hydroxylation sites is 1. The molecule has 0 saturated heterocycles. The summed E-state index contributed by atoms with van der Waals surface area (Å²) in [6, 6.07) is 7.75. The van der Waals surface area contributed by atoms with Gasteiger partial charge in [-0.2, -0.15) is 9.36 Å². The van der Waals surface area contributed by atoms with Gasteiger partial charge in [-0.05, 0) is 24.5 Å². The van der Waals surface area contributed by atoms with E-state index < -0.39 is 0 Å². The second-order valence-corrected chi connectivity index (χ2v) is 5.32. The van der Waals surface area contributed by atoms with Crippen molar-refractivity contribution in [1.29, 1.82) is 0 Å². The van der Waals surface area contributed by atoms with E-state index in [-0.39, 0.29) is 0 Å². The Morgan fingerprint density at radius 3 is 2.86 bits per heavy atom. The fourth-order valence-corrected chi connectivity index (χ4v) is 2.75. The summed E-state index contributed by atoms with van der Waals surface area (Å²) < 4.78 is 14.8. The highest BCUT2D eigenvalue weighted by Gasteiger charge is 2.18. The van der Waals surface area contributed by atoms with E-state index in [1.165, 1.54) is 11.5 Å². The maximum absolute atomic E-state index is 5.89. The van der Waals surface area contributed by atoms with Crippen molar-refractivity contribution in [2.24, 2.45) is 0 Å². The fraction of sp³-hybridized carbons (Fsp3) is 0.214. The van der Waals surface area contributed by atoms with E-state index in [1.54, 1.807) is 7.11 Å². The Bertz CT molecular complexity index is 746. The topological polar surface area (TPSA) is 87.1 Å². The van der Waals surface area contributed by atoms with Gasteiger partial charge in [-0.25, -0.2) is 0 Å². The zero-order chi connectivity index (χ0) is 14.8. The Morgan fingerprint density at radius 2 is 2.14 bits per heavy atom. The number of aromatic nitrogens is 3. The molecule has 0 bridgehead atoms. The van der Waals surface area contributed by atoms with Crippen LogP contribution in [0.4, 0.5) is 5.00 Å². The molecule has 0 aliphatic heterocycles. The Kier molecular flexibility index (Phi) is 3.57. The lowest BCUT2D eigenvalue weighted by Gasteiger charge is -2.05. The number of benzene rings is 1. The van der Waals surface area contributed by atoms with E-state index in [9.17, 15) is 0 Å². The summed E-state index contributed by atoms with van der Waals surface area (Å²) in [6.45, 7) is 1.87. The van der Waals surface area contributed by atoms with Crippen LogP contribution >= 0.6 is 11.5 Å². The van der Waals surface area contributed by atoms with Crippen LogP contribution in [0.3, 0.4) is 0 Å². The standard InChI is InChI=1S/C14H14N4O2S/c1-8-12(13(15)21-18-8)14-16-11(17-20-14)7-9-5-3-4-6-10(9)19-2/h3-6H,7,15H2,1-2H3. The third kappa shape index (κ3) is 2.59. The summed E-state index contributed by atoms with van der Waals surface area (Å²) in [5, 5.41) is 4.59. The van der Waals surface area contributed by atoms with E-state index in [1.807, 2.05) is 31.2 Å². The van der Waals surface area contributed by atoms with Gasteiger partial charge in [0.2, 0.25) is 0 Å². The summed E-state index contributed by atoms with van der Waals surface area (Å²) in [6.07, 6.45) is 0.532. The Morgan fingerprint density at radius 1 is 1.33 bits per heavy atom. The molecule has 7 heteroatoms. The molecule has 0 radical (unpaired) electrons. The number of rotatable bonds is 4. The SMILES string of the molecule is COc1ccccc1Cc1noc(-c2c(C)nsc2N)n1. The lowest BCUT2D eigenvalue weighted by molar-refractivity contribution is 0.408. The number of methoxy groups -OCH3 is 1. The first-order valence-electron chi connectivity index (χ1n) is 6.35. The zero-order valence-electron chi connectivity index (χ0n) is 11.7. The molecule has 0 aliphatic carbocycles. The number of nitrogens with two attached hydrogens (primary N) is 1. The molecule has 0 aliphatic rings. The van der Waals surface area contributed by atoms with Crippen molar-refractivity contribution in [1.82, 2.24) is 14.5 Å². The van der Waals surface area contributed by atoms with E-state index in [4.69, 9.17) is 15.0 Å². The van der Waals surface area contributed by atoms with Crippen LogP contribution in [-0.4, -0.2) is 21.6 Å². The minimum absolute atomic E-state index is 0.406. The number of anilines is 1. The van der Waals surface area contributed by atoms with Crippen molar-refractivity contribution in [2.75, 3.05) is 12.8 Å². The third-order valence-electron chi connectivity index (χ3n) is 3.11. The molecule has 108 valence electrons. The van der Waals surface area contributed by atoms with Gasteiger partial charge in [0.15, 0.2) is 5.82 Å². The molecule has 0 unspecified atom stereocenters. The van der Waals surface area contributed by atoms with Crippen LogP contribution < -0.4 is 10.5 Å². The van der Waals surface area contributed by atoms with Gasteiger partial charge in [0.05, 0.1) is 18.4 Å². The fourth-order valence-electron chi connectivity index (χ4n) is 2.09. The van der Waals surface area contributed by atoms with E-state index in [2.05, 4.69) is 14.5 Å². The lowest BCUT2D eigenvalue weighted by Crippen LogP contribution is -1.95. The van der Waals surface area contributed by atoms with Crippen molar-refractivity contribution < 1.29 is 9.26 Å². The monoisotopic (exact) mass is 302 g/mol. The Balaban J connectivity index is 1.89. The van der Waals surface area contributed by atoms with E-state index in [0.29, 0.717) is 23.1 Å². The van der Waals surface area contributed by atoms with Gasteiger partial charge in [-0.15, -0.1) is 0 Å². The molecule has 3 aromatic rings. The number of ether oxygens (including phenoxy) is 1. The molecule has 1 aromatic carbocycles. The highest BCUT2D eigenvalue weighted by Crippen LogP contribution is 2.31. The minimum atomic E-state index is 0.406. The molecule has 0 amide bonds. The molecule has 6 nitrogen and oxygen atoms in total. The lowest BCUT2D eigenvalue weighted by atomic mass is 10.1. The first-order valence-corrected chi connectivity index (χ1v) is 7.13. The van der Waals surface area contributed by atoms with Gasteiger partial charge < -0.3 is 15.0 Å². The molecule has 21 heavy (non-hydrogen) atoms. The molecule has 0 atom stereocenters. The van der Waals surface area contributed by atoms with Crippen LogP contribution in [-0.2, 0) is 6.42 Å². The van der Waals surface area contributed by atoms with Crippen LogP contribution in [0, 0.1) is 6.92 Å². The molecule has 2 heterocycles. The summed E-state index contributed by atoms with van der Waals surface area (Å²) in [4.78, 5) is 4.40. The summed E-state index contributed by atoms with van der Waals surface area (Å²) in [5.41, 5.74) is 8.41. The van der Waals surface area contributed by atoms with Gasteiger partial charge >= 0.3 is 0 Å². The van der Waals surface area contributed by atoms with Crippen molar-refractivity contribution in [2.45, 2.75) is 13.3 Å². The molecule has 3 rings (SSSR count). The highest BCUT2D eigenvalue weighted by atomic mass is 32.1. The van der Waals surface area contributed by atoms with Gasteiger partial charge in [0, 0.05) is 12.0 Å². The van der Waals surface area contributed by atoms with Crippen LogP contribution in [0.2, 0.25) is 0 Å². The van der Waals surface area contributed by atoms with Crippen LogP contribution in [0.5, 0.6) is 5.75 Å². The summed E-state index contributed by atoms with van der Waals surface area (Å²) in [5.74, 6) is 1.79. The van der Waals surface area contributed by atoms with Gasteiger partial charge in [-0.3, -0.25) is 0 Å². The van der Waals surface area contributed by atoms with E-state index >= 15 is 0 Å². The number of aryl methyl sites for hydroxylation is 1. The second kappa shape index (κ2) is 5.53. The first-order chi connectivity index (χ1) is 10.2. The van der Waals surface area contributed by atoms with Gasteiger partial charge in [0.1, 0.15) is 10.8 Å². The average molecular weight is 302 g/mol. The third-order valence-corrected chi connectivity index (χ3v) is 3.88. The quantitative estimate of drug-likeness (QED) is 0.797. The van der Waals surface area contributed by atoms with Crippen molar-refractivity contribution in [3.63, 3.8) is 0 Å². The second-order valence-electron chi connectivity index (χ2n) is 4.51. The summed E-state index contributed by atoms with van der Waals surface area (Å²) in [7, 11) is 1.64. The normalized spacial score (nSPS) is 10.8. The molecule has 2 aromatic heterocycles. The molecule has 2 N–H and O–H groups in total. The maximum atomic E-state index is 5.89. The minimum Gasteiger partial charge on any atom is -0.496 e. The van der Waals surface area contributed by atoms with Crippen LogP contribution in [0.1, 0.15) is 17.1 Å². The Hall–Kier alpha value is -2.41. The van der Waals surface area contributed by atoms with Gasteiger partial charge in [-0.1, -0.05) is 23.4 Å². The zero-order valence-corrected chi connectivity index (χ0v) is 12.5. The predicted octanol–water partition coefficient (Wildman–Crippen LogP) is 2.68. The molecular formula is C14H14N4O2S. The van der Waals surface area contributed by atoms with Crippen molar-refractivity contribution in [3.8, 4) is 17.2 Å². The molecule has 0 saturated carbocycles. The van der Waals surface area contributed by atoms with Crippen LogP contribution in [0.15, 0.2) is 28.8 Å². The van der Waals surface area contributed by atoms with Gasteiger partial charge in [0.25, 0.3) is 5.89 Å². The number of nitrogens with zero attached hydrogens (tertiary/aromatic N) is 3. The van der Waals surface area contributed by atoms with Crippen molar-refractivity contribution >= 4 is 16.5 Å². The first kappa shape index (κ1) is 13.6. The smallest absolute Gasteiger partial charge is 0.262 e. The predicted molar refractivity (Wildman–Crippen MR) is 80.4 cm³/mol. The van der Waals surface area contributed by atoms with Crippen LogP contribution in [0.25, 0.3) is 11.5 Å². The highest BCUT2D eigenvalue weighted by molar-refractivity contribution is 7.10. The summed E-state index contributed by atoms with van der Waals surface area (Å²) >= 11 is 1.23. The average Bonchev–Trinajstić information content (AvgIpc) is 3.06. The molecular weight excluding hydrogens is 288 g/mol. The number of hydrogen-bond acceptors (Lipinski definition) is 7. The molecule has 0 spiro atoms. The number of hydrogen-bond donors (Lipinski definition) is 1.